The van der Waals surface area contributed by atoms with Gasteiger partial charge in [-0.2, -0.15) is 0 Å². The van der Waals surface area contributed by atoms with Crippen molar-refractivity contribution < 1.29 is 13.2 Å². The Hall–Kier alpha value is -1.23. The van der Waals surface area contributed by atoms with E-state index < -0.39 is 14.6 Å². The summed E-state index contributed by atoms with van der Waals surface area (Å²) in [6.07, 6.45) is 2.22. The van der Waals surface area contributed by atoms with Gasteiger partial charge in [0.1, 0.15) is 5.75 Å². The molecule has 0 spiro atoms. The number of para-hydroxylation sites is 2. The summed E-state index contributed by atoms with van der Waals surface area (Å²) < 4.78 is 28.3. The molecule has 1 unspecified atom stereocenters. The SMILES string of the molecule is CN=C(NCC(C)(C)S(C)(=O)=O)NC1CCN(c2ccccc2OC)C1.I. The molecule has 2 N–H and O–H groups in total. The zero-order valence-electron chi connectivity index (χ0n) is 16.7. The van der Waals surface area contributed by atoms with Crippen LogP contribution >= 0.6 is 24.0 Å². The molecule has 7 nitrogen and oxygen atoms in total. The highest BCUT2D eigenvalue weighted by Gasteiger charge is 2.31. The number of anilines is 1. The second-order valence-corrected chi connectivity index (χ2v) is 9.85. The molecular weight excluding hydrogens is 479 g/mol. The van der Waals surface area contributed by atoms with Gasteiger partial charge in [-0.05, 0) is 32.4 Å². The average Bonchev–Trinajstić information content (AvgIpc) is 3.05. The zero-order chi connectivity index (χ0) is 19.4. The number of ether oxygens (including phenoxy) is 1. The van der Waals surface area contributed by atoms with Gasteiger partial charge in [0, 0.05) is 39.0 Å². The molecule has 0 bridgehead atoms. The Morgan fingerprint density at radius 1 is 1.37 bits per heavy atom. The third-order valence-electron chi connectivity index (χ3n) is 4.86. The Labute approximate surface area is 179 Å². The molecule has 1 saturated heterocycles. The predicted octanol–water partition coefficient (Wildman–Crippen LogP) is 1.88. The number of methoxy groups -OCH3 is 1. The molecule has 0 amide bonds. The van der Waals surface area contributed by atoms with Crippen molar-refractivity contribution in [2.45, 2.75) is 31.1 Å². The molecule has 1 aliphatic heterocycles. The number of hydrogen-bond acceptors (Lipinski definition) is 5. The van der Waals surface area contributed by atoms with Crippen molar-refractivity contribution in [3.8, 4) is 5.75 Å². The average molecular weight is 510 g/mol. The lowest BCUT2D eigenvalue weighted by Gasteiger charge is -2.25. The standard InChI is InChI=1S/C18H30N4O3S.HI/c1-18(2,26(5,23)24)13-20-17(19-3)21-14-10-11-22(12-14)15-8-6-7-9-16(15)25-4;/h6-9,14H,10-13H2,1-5H3,(H2,19,20,21);1H. The highest BCUT2D eigenvalue weighted by Crippen LogP contribution is 2.30. The van der Waals surface area contributed by atoms with Gasteiger partial charge in [0.05, 0.1) is 17.5 Å². The Balaban J connectivity index is 0.00000364. The Morgan fingerprint density at radius 3 is 2.63 bits per heavy atom. The van der Waals surface area contributed by atoms with Gasteiger partial charge in [-0.25, -0.2) is 8.42 Å². The number of nitrogens with zero attached hydrogens (tertiary/aromatic N) is 2. The fraction of sp³-hybridized carbons (Fsp3) is 0.611. The monoisotopic (exact) mass is 510 g/mol. The summed E-state index contributed by atoms with van der Waals surface area (Å²) in [4.78, 5) is 6.51. The van der Waals surface area contributed by atoms with Crippen molar-refractivity contribution in [3.05, 3.63) is 24.3 Å². The van der Waals surface area contributed by atoms with Gasteiger partial charge in [-0.3, -0.25) is 4.99 Å². The van der Waals surface area contributed by atoms with Crippen LogP contribution in [-0.4, -0.2) is 65.2 Å². The summed E-state index contributed by atoms with van der Waals surface area (Å²) in [6, 6.07) is 8.22. The maximum absolute atomic E-state index is 11.8. The van der Waals surface area contributed by atoms with Crippen molar-refractivity contribution in [1.29, 1.82) is 0 Å². The first-order valence-corrected chi connectivity index (χ1v) is 10.6. The second kappa shape index (κ2) is 9.81. The molecule has 0 aliphatic carbocycles. The molecule has 1 heterocycles. The lowest BCUT2D eigenvalue weighted by molar-refractivity contribution is 0.415. The first kappa shape index (κ1) is 23.8. The molecule has 27 heavy (non-hydrogen) atoms. The molecular formula is C18H31IN4O3S. The lowest BCUT2D eigenvalue weighted by atomic mass is 10.2. The number of guanidine groups is 1. The Kier molecular flexibility index (Phi) is 8.65. The minimum atomic E-state index is -3.15. The minimum absolute atomic E-state index is 0. The number of sulfone groups is 1. The third-order valence-corrected chi connectivity index (χ3v) is 7.02. The van der Waals surface area contributed by atoms with Gasteiger partial charge >= 0.3 is 0 Å². The number of nitrogens with one attached hydrogen (secondary N) is 2. The fourth-order valence-corrected chi connectivity index (χ4v) is 3.14. The van der Waals surface area contributed by atoms with Crippen LogP contribution in [0.25, 0.3) is 0 Å². The van der Waals surface area contributed by atoms with Crippen LogP contribution in [0, 0.1) is 0 Å². The molecule has 1 aromatic rings. The van der Waals surface area contributed by atoms with Gasteiger partial charge in [0.2, 0.25) is 0 Å². The molecule has 2 rings (SSSR count). The summed E-state index contributed by atoms with van der Waals surface area (Å²) in [5.74, 6) is 1.49. The van der Waals surface area contributed by atoms with E-state index in [1.807, 2.05) is 18.2 Å². The quantitative estimate of drug-likeness (QED) is 0.346. The van der Waals surface area contributed by atoms with Crippen LogP contribution in [0.3, 0.4) is 0 Å². The van der Waals surface area contributed by atoms with E-state index in [4.69, 9.17) is 4.74 Å². The molecule has 1 atom stereocenters. The Bertz CT molecular complexity index is 753. The van der Waals surface area contributed by atoms with E-state index in [9.17, 15) is 8.42 Å². The summed E-state index contributed by atoms with van der Waals surface area (Å²) in [5.41, 5.74) is 1.08. The molecule has 154 valence electrons. The van der Waals surface area contributed by atoms with E-state index in [-0.39, 0.29) is 30.0 Å². The van der Waals surface area contributed by atoms with E-state index in [2.05, 4.69) is 26.6 Å². The van der Waals surface area contributed by atoms with Crippen LogP contribution in [0.15, 0.2) is 29.3 Å². The van der Waals surface area contributed by atoms with Gasteiger partial charge in [-0.15, -0.1) is 24.0 Å². The normalized spacial score (nSPS) is 18.0. The topological polar surface area (TPSA) is 83.0 Å². The minimum Gasteiger partial charge on any atom is -0.495 e. The number of aliphatic imine (C=N–C) groups is 1. The summed E-state index contributed by atoms with van der Waals surface area (Å²) in [7, 11) is 0.217. The van der Waals surface area contributed by atoms with E-state index in [0.29, 0.717) is 12.5 Å². The summed E-state index contributed by atoms with van der Waals surface area (Å²) in [6.45, 7) is 5.47. The molecule has 0 saturated carbocycles. The molecule has 0 aromatic heterocycles. The predicted molar refractivity (Wildman–Crippen MR) is 122 cm³/mol. The van der Waals surface area contributed by atoms with Crippen LogP contribution in [0.5, 0.6) is 5.75 Å². The van der Waals surface area contributed by atoms with E-state index in [1.54, 1.807) is 28.0 Å². The molecule has 9 heteroatoms. The number of halogens is 1. The third kappa shape index (κ3) is 6.13. The first-order chi connectivity index (χ1) is 12.2. The largest absolute Gasteiger partial charge is 0.495 e. The molecule has 1 fully saturated rings. The number of rotatable bonds is 6. The summed E-state index contributed by atoms with van der Waals surface area (Å²) in [5, 5.41) is 6.53. The van der Waals surface area contributed by atoms with Crippen molar-refractivity contribution in [1.82, 2.24) is 10.6 Å². The molecule has 1 aliphatic rings. The van der Waals surface area contributed by atoms with Crippen LogP contribution < -0.4 is 20.3 Å². The van der Waals surface area contributed by atoms with E-state index in [1.165, 1.54) is 6.26 Å². The highest BCUT2D eigenvalue weighted by molar-refractivity contribution is 14.0. The fourth-order valence-electron chi connectivity index (χ4n) is 2.80. The smallest absolute Gasteiger partial charge is 0.191 e. The zero-order valence-corrected chi connectivity index (χ0v) is 19.8. The van der Waals surface area contributed by atoms with Gasteiger partial charge < -0.3 is 20.3 Å². The Morgan fingerprint density at radius 2 is 2.04 bits per heavy atom. The first-order valence-electron chi connectivity index (χ1n) is 8.72. The van der Waals surface area contributed by atoms with Crippen molar-refractivity contribution in [3.63, 3.8) is 0 Å². The van der Waals surface area contributed by atoms with Gasteiger partial charge in [-0.1, -0.05) is 12.1 Å². The maximum Gasteiger partial charge on any atom is 0.191 e. The van der Waals surface area contributed by atoms with Gasteiger partial charge in [0.15, 0.2) is 15.8 Å². The van der Waals surface area contributed by atoms with E-state index in [0.717, 1.165) is 30.9 Å². The van der Waals surface area contributed by atoms with E-state index >= 15 is 0 Å². The maximum atomic E-state index is 11.8. The van der Waals surface area contributed by atoms with Crippen LogP contribution in [0.2, 0.25) is 0 Å². The second-order valence-electron chi connectivity index (χ2n) is 7.21. The van der Waals surface area contributed by atoms with Crippen LogP contribution in [0.1, 0.15) is 20.3 Å². The number of hydrogen-bond donors (Lipinski definition) is 2. The summed E-state index contributed by atoms with van der Waals surface area (Å²) >= 11 is 0. The number of benzene rings is 1. The van der Waals surface area contributed by atoms with Crippen molar-refractivity contribution in [2.75, 3.05) is 44.9 Å². The van der Waals surface area contributed by atoms with Crippen molar-refractivity contribution >= 4 is 45.5 Å². The van der Waals surface area contributed by atoms with Crippen LogP contribution in [-0.2, 0) is 9.84 Å². The highest BCUT2D eigenvalue weighted by atomic mass is 127. The van der Waals surface area contributed by atoms with Crippen LogP contribution in [0.4, 0.5) is 5.69 Å². The van der Waals surface area contributed by atoms with Gasteiger partial charge in [0.25, 0.3) is 0 Å². The van der Waals surface area contributed by atoms with Crippen molar-refractivity contribution in [2.24, 2.45) is 4.99 Å². The lowest BCUT2D eigenvalue weighted by Crippen LogP contribution is -2.50. The molecule has 0 radical (unpaired) electrons. The molecule has 1 aromatic carbocycles.